The molecule has 0 aliphatic carbocycles. The van der Waals surface area contributed by atoms with Crippen molar-refractivity contribution in [1.82, 2.24) is 9.88 Å². The lowest BCUT2D eigenvalue weighted by atomic mass is 9.97. The summed E-state index contributed by atoms with van der Waals surface area (Å²) >= 11 is 0. The molecule has 0 radical (unpaired) electrons. The molecule has 4 heteroatoms. The molecule has 4 rings (SSSR count). The van der Waals surface area contributed by atoms with Gasteiger partial charge in [0.2, 0.25) is 5.88 Å². The Hall–Kier alpha value is -2.33. The van der Waals surface area contributed by atoms with Crippen molar-refractivity contribution < 1.29 is 9.47 Å². The van der Waals surface area contributed by atoms with Crippen molar-refractivity contribution in [3.05, 3.63) is 53.7 Å². The van der Waals surface area contributed by atoms with Gasteiger partial charge in [-0.05, 0) is 62.2 Å². The third-order valence-corrected chi connectivity index (χ3v) is 5.29. The Labute approximate surface area is 155 Å². The first-order chi connectivity index (χ1) is 12.8. The molecule has 0 amide bonds. The second kappa shape index (κ2) is 7.92. The molecule has 1 aromatic carbocycles. The standard InChI is InChI=1S/C22H26N2O2/c1-25-20-10-5-11-21-19(20)16-17(18-9-6-12-23-22(18)26-21)8-7-15-24-13-3-2-4-14-24/h5-6,8-12H,2-4,7,13-16H2,1H3. The maximum absolute atomic E-state index is 6.13. The molecular weight excluding hydrogens is 324 g/mol. The highest BCUT2D eigenvalue weighted by Crippen LogP contribution is 2.41. The van der Waals surface area contributed by atoms with Crippen molar-refractivity contribution in [1.29, 1.82) is 0 Å². The first-order valence-corrected chi connectivity index (χ1v) is 9.55. The van der Waals surface area contributed by atoms with Crippen molar-refractivity contribution >= 4 is 5.57 Å². The molecule has 3 heterocycles. The molecule has 0 spiro atoms. The van der Waals surface area contributed by atoms with Gasteiger partial charge in [-0.25, -0.2) is 4.98 Å². The molecule has 4 nitrogen and oxygen atoms in total. The third kappa shape index (κ3) is 3.61. The summed E-state index contributed by atoms with van der Waals surface area (Å²) in [5.74, 6) is 2.39. The van der Waals surface area contributed by atoms with Crippen molar-refractivity contribution in [2.24, 2.45) is 0 Å². The van der Waals surface area contributed by atoms with Crippen LogP contribution in [0.25, 0.3) is 5.57 Å². The van der Waals surface area contributed by atoms with Crippen LogP contribution in [0.5, 0.6) is 17.4 Å². The molecule has 136 valence electrons. The predicted octanol–water partition coefficient (Wildman–Crippen LogP) is 4.70. The number of fused-ring (bicyclic) bond motifs is 2. The van der Waals surface area contributed by atoms with Crippen LogP contribution >= 0.6 is 0 Å². The average molecular weight is 350 g/mol. The summed E-state index contributed by atoms with van der Waals surface area (Å²) in [6, 6.07) is 10.0. The third-order valence-electron chi connectivity index (χ3n) is 5.29. The summed E-state index contributed by atoms with van der Waals surface area (Å²) in [5.41, 5.74) is 3.45. The number of hydrogen-bond donors (Lipinski definition) is 0. The largest absolute Gasteiger partial charge is 0.496 e. The van der Waals surface area contributed by atoms with E-state index in [-0.39, 0.29) is 0 Å². The number of piperidine rings is 1. The summed E-state index contributed by atoms with van der Waals surface area (Å²) in [6.07, 6.45) is 10.1. The average Bonchev–Trinajstić information content (AvgIpc) is 2.85. The molecule has 1 fully saturated rings. The van der Waals surface area contributed by atoms with Gasteiger partial charge < -0.3 is 14.4 Å². The Morgan fingerprint density at radius 1 is 1.15 bits per heavy atom. The second-order valence-corrected chi connectivity index (χ2v) is 6.99. The minimum Gasteiger partial charge on any atom is -0.496 e. The van der Waals surface area contributed by atoms with Crippen LogP contribution in [0.2, 0.25) is 0 Å². The normalized spacial score (nSPS) is 18.6. The molecule has 0 saturated carbocycles. The number of allylic oxidation sites excluding steroid dienone is 1. The second-order valence-electron chi connectivity index (χ2n) is 6.99. The number of rotatable bonds is 4. The maximum atomic E-state index is 6.13. The molecule has 0 unspecified atom stereocenters. The zero-order valence-electron chi connectivity index (χ0n) is 15.4. The van der Waals surface area contributed by atoms with Gasteiger partial charge in [-0.15, -0.1) is 0 Å². The molecule has 1 saturated heterocycles. The van der Waals surface area contributed by atoms with Gasteiger partial charge in [0.25, 0.3) is 0 Å². The van der Waals surface area contributed by atoms with Crippen LogP contribution in [0.1, 0.15) is 36.8 Å². The van der Waals surface area contributed by atoms with Crippen LogP contribution in [-0.4, -0.2) is 36.6 Å². The van der Waals surface area contributed by atoms with Gasteiger partial charge in [0.15, 0.2) is 0 Å². The fraction of sp³-hybridized carbons (Fsp3) is 0.409. The molecule has 0 N–H and O–H groups in total. The fourth-order valence-electron chi connectivity index (χ4n) is 3.90. The van der Waals surface area contributed by atoms with Crippen LogP contribution in [-0.2, 0) is 6.42 Å². The van der Waals surface area contributed by atoms with Crippen molar-refractivity contribution in [2.75, 3.05) is 26.7 Å². The summed E-state index contributed by atoms with van der Waals surface area (Å²) in [5, 5.41) is 0. The Balaban J connectivity index is 1.62. The van der Waals surface area contributed by atoms with E-state index in [0.717, 1.165) is 42.0 Å². The van der Waals surface area contributed by atoms with Crippen LogP contribution < -0.4 is 9.47 Å². The molecule has 2 aliphatic heterocycles. The van der Waals surface area contributed by atoms with Crippen LogP contribution in [0.3, 0.4) is 0 Å². The summed E-state index contributed by atoms with van der Waals surface area (Å²) < 4.78 is 11.7. The minimum atomic E-state index is 0.684. The lowest BCUT2D eigenvalue weighted by Gasteiger charge is -2.25. The quantitative estimate of drug-likeness (QED) is 0.801. The first-order valence-electron chi connectivity index (χ1n) is 9.55. The van der Waals surface area contributed by atoms with Crippen molar-refractivity contribution in [3.8, 4) is 17.4 Å². The van der Waals surface area contributed by atoms with Gasteiger partial charge in [0.05, 0.1) is 7.11 Å². The molecule has 0 bridgehead atoms. The zero-order chi connectivity index (χ0) is 17.8. The van der Waals surface area contributed by atoms with Crippen molar-refractivity contribution in [3.63, 3.8) is 0 Å². The smallest absolute Gasteiger partial charge is 0.226 e. The molecule has 26 heavy (non-hydrogen) atoms. The van der Waals surface area contributed by atoms with E-state index in [2.05, 4.69) is 22.0 Å². The topological polar surface area (TPSA) is 34.6 Å². The monoisotopic (exact) mass is 350 g/mol. The number of aromatic nitrogens is 1. The number of hydrogen-bond acceptors (Lipinski definition) is 4. The van der Waals surface area contributed by atoms with E-state index in [0.29, 0.717) is 5.88 Å². The summed E-state index contributed by atoms with van der Waals surface area (Å²) in [4.78, 5) is 7.04. The van der Waals surface area contributed by atoms with Gasteiger partial charge in [0, 0.05) is 30.3 Å². The highest BCUT2D eigenvalue weighted by Gasteiger charge is 2.22. The van der Waals surface area contributed by atoms with Crippen LogP contribution in [0.15, 0.2) is 42.6 Å². The van der Waals surface area contributed by atoms with Crippen molar-refractivity contribution in [2.45, 2.75) is 32.1 Å². The van der Waals surface area contributed by atoms with E-state index in [1.54, 1.807) is 13.3 Å². The first kappa shape index (κ1) is 17.1. The van der Waals surface area contributed by atoms with E-state index >= 15 is 0 Å². The van der Waals surface area contributed by atoms with E-state index in [9.17, 15) is 0 Å². The Morgan fingerprint density at radius 2 is 2.04 bits per heavy atom. The summed E-state index contributed by atoms with van der Waals surface area (Å²) in [7, 11) is 1.71. The lowest BCUT2D eigenvalue weighted by Crippen LogP contribution is -2.30. The molecule has 2 aromatic rings. The highest BCUT2D eigenvalue weighted by atomic mass is 16.5. The molecule has 0 atom stereocenters. The number of nitrogens with zero attached hydrogens (tertiary/aromatic N) is 2. The molecular formula is C22H26N2O2. The van der Waals surface area contributed by atoms with Gasteiger partial charge in [-0.2, -0.15) is 0 Å². The van der Waals surface area contributed by atoms with Crippen LogP contribution in [0, 0.1) is 0 Å². The maximum Gasteiger partial charge on any atom is 0.226 e. The fourth-order valence-corrected chi connectivity index (χ4v) is 3.90. The zero-order valence-corrected chi connectivity index (χ0v) is 15.4. The number of ether oxygens (including phenoxy) is 2. The van der Waals surface area contributed by atoms with Gasteiger partial charge in [0.1, 0.15) is 11.5 Å². The number of likely N-dealkylation sites (tertiary alicyclic amines) is 1. The Bertz CT molecular complexity index is 794. The van der Waals surface area contributed by atoms with Crippen LogP contribution in [0.4, 0.5) is 0 Å². The molecule has 1 aromatic heterocycles. The number of pyridine rings is 1. The Kier molecular flexibility index (Phi) is 5.21. The van der Waals surface area contributed by atoms with E-state index in [1.165, 1.54) is 37.9 Å². The van der Waals surface area contributed by atoms with E-state index in [1.807, 2.05) is 24.3 Å². The number of methoxy groups -OCH3 is 1. The Morgan fingerprint density at radius 3 is 2.88 bits per heavy atom. The van der Waals surface area contributed by atoms with E-state index < -0.39 is 0 Å². The SMILES string of the molecule is COc1cccc2c1CC(=CCCN1CCCCC1)c1cccnc1O2. The summed E-state index contributed by atoms with van der Waals surface area (Å²) in [6.45, 7) is 3.60. The van der Waals surface area contributed by atoms with E-state index in [4.69, 9.17) is 9.47 Å². The van der Waals surface area contributed by atoms with Gasteiger partial charge in [-0.1, -0.05) is 18.6 Å². The minimum absolute atomic E-state index is 0.684. The van der Waals surface area contributed by atoms with Gasteiger partial charge in [-0.3, -0.25) is 0 Å². The lowest BCUT2D eigenvalue weighted by molar-refractivity contribution is 0.233. The predicted molar refractivity (Wildman–Crippen MR) is 104 cm³/mol. The van der Waals surface area contributed by atoms with Gasteiger partial charge >= 0.3 is 0 Å². The highest BCUT2D eigenvalue weighted by molar-refractivity contribution is 5.74. The number of benzene rings is 1. The molecule has 2 aliphatic rings.